The van der Waals surface area contributed by atoms with Crippen molar-refractivity contribution in [3.63, 3.8) is 0 Å². The molecule has 608 valence electrons. The zero-order valence-electron chi connectivity index (χ0n) is 64.8. The molecule has 28 nitrogen and oxygen atoms in total. The Labute approximate surface area is 604 Å². The smallest absolute Gasteiger partial charge is 0.104 e. The van der Waals surface area contributed by atoms with Crippen LogP contribution in [-0.2, 0) is 94.7 Å². The van der Waals surface area contributed by atoms with Crippen molar-refractivity contribution in [2.24, 2.45) is 0 Å². The summed E-state index contributed by atoms with van der Waals surface area (Å²) in [5, 5.41) is 72.8. The molecule has 0 radical (unpaired) electrons. The summed E-state index contributed by atoms with van der Waals surface area (Å²) >= 11 is 0. The molecule has 100 heavy (non-hydrogen) atoms. The minimum atomic E-state index is -0.575. The lowest BCUT2D eigenvalue weighted by Gasteiger charge is -2.22. The molecule has 0 aromatic carbocycles. The fourth-order valence-corrected chi connectivity index (χ4v) is 7.83. The summed E-state index contributed by atoms with van der Waals surface area (Å²) < 4.78 is 112. The molecule has 0 aliphatic rings. The fourth-order valence-electron chi connectivity index (χ4n) is 7.83. The zero-order valence-corrected chi connectivity index (χ0v) is 64.8. The third-order valence-corrected chi connectivity index (χ3v) is 13.0. The summed E-state index contributed by atoms with van der Waals surface area (Å²) in [5.74, 6) is 0. The van der Waals surface area contributed by atoms with E-state index in [0.29, 0.717) is 184 Å². The monoisotopic (exact) mass is 1470 g/mol. The van der Waals surface area contributed by atoms with Gasteiger partial charge in [0.05, 0.1) is 169 Å². The van der Waals surface area contributed by atoms with Crippen molar-refractivity contribution >= 4 is 0 Å². The maximum absolute atomic E-state index is 9.39. The number of aliphatic hydroxyl groups excluding tert-OH is 8. The SMILES string of the molecule is CCCCOC(COCC)COCC(COCC(C)O)OCC.CCCCOC(COCCCO)COCC(COCC(C)O)OCC.CCCCOC(COCCCO)COCC(COCC(C)O)OCC(C)O.CCCCOC(COCCCO)COCC(COCC)OCC(C)O. The maximum Gasteiger partial charge on any atom is 0.104 e. The van der Waals surface area contributed by atoms with Gasteiger partial charge in [-0.15, -0.1) is 0 Å². The van der Waals surface area contributed by atoms with Crippen molar-refractivity contribution in [2.75, 3.05) is 231 Å². The van der Waals surface area contributed by atoms with Gasteiger partial charge in [0.25, 0.3) is 0 Å². The van der Waals surface area contributed by atoms with Crippen LogP contribution in [0.15, 0.2) is 0 Å². The minimum Gasteiger partial charge on any atom is -0.396 e. The number of rotatable bonds is 75. The average molecular weight is 1470 g/mol. The molecule has 0 aromatic heterocycles. The Balaban J connectivity index is -0.000000615. The first-order valence-corrected chi connectivity index (χ1v) is 37.5. The molecule has 0 saturated heterocycles. The average Bonchev–Trinajstić information content (AvgIpc) is 2.71. The van der Waals surface area contributed by atoms with Gasteiger partial charge in [-0.3, -0.25) is 0 Å². The number of aliphatic hydroxyl groups is 8. The highest BCUT2D eigenvalue weighted by atomic mass is 16.6. The Bertz CT molecular complexity index is 1490. The summed E-state index contributed by atoms with van der Waals surface area (Å²) in [6.07, 6.45) is 6.16. The number of hydrogen-bond donors (Lipinski definition) is 8. The molecule has 0 bridgehead atoms. The van der Waals surface area contributed by atoms with Crippen LogP contribution < -0.4 is 0 Å². The summed E-state index contributed by atoms with van der Waals surface area (Å²) in [6, 6.07) is 0. The van der Waals surface area contributed by atoms with Crippen LogP contribution >= 0.6 is 0 Å². The van der Waals surface area contributed by atoms with E-state index in [1.54, 1.807) is 34.6 Å². The summed E-state index contributed by atoms with van der Waals surface area (Å²) in [7, 11) is 0. The maximum atomic E-state index is 9.39. The first kappa shape index (κ1) is 105. The van der Waals surface area contributed by atoms with E-state index >= 15 is 0 Å². The molecule has 8 N–H and O–H groups in total. The molecule has 0 rings (SSSR count). The van der Waals surface area contributed by atoms with Crippen LogP contribution in [0.2, 0.25) is 0 Å². The van der Waals surface area contributed by atoms with Crippen molar-refractivity contribution in [3.8, 4) is 0 Å². The van der Waals surface area contributed by atoms with Gasteiger partial charge in [-0.25, -0.2) is 0 Å². The highest BCUT2D eigenvalue weighted by Crippen LogP contribution is 2.08. The van der Waals surface area contributed by atoms with Gasteiger partial charge in [0.15, 0.2) is 0 Å². The highest BCUT2D eigenvalue weighted by Gasteiger charge is 2.20. The van der Waals surface area contributed by atoms with Crippen molar-refractivity contribution in [1.29, 1.82) is 0 Å². The normalized spacial score (nSPS) is 15.6. The van der Waals surface area contributed by atoms with Gasteiger partial charge < -0.3 is 136 Å². The summed E-state index contributed by atoms with van der Waals surface area (Å²) in [5.41, 5.74) is 0. The van der Waals surface area contributed by atoms with Gasteiger partial charge in [-0.2, -0.15) is 0 Å². The van der Waals surface area contributed by atoms with E-state index in [9.17, 15) is 25.5 Å². The van der Waals surface area contributed by atoms with Crippen molar-refractivity contribution < 1.29 is 136 Å². The Hall–Kier alpha value is -1.12. The van der Waals surface area contributed by atoms with E-state index in [4.69, 9.17) is 110 Å². The van der Waals surface area contributed by atoms with Crippen LogP contribution in [-0.4, -0.2) is 351 Å². The summed E-state index contributed by atoms with van der Waals surface area (Å²) in [4.78, 5) is 0. The third-order valence-electron chi connectivity index (χ3n) is 13.0. The molecular weight excluding hydrogens is 1310 g/mol. The van der Waals surface area contributed by atoms with Crippen LogP contribution in [0.25, 0.3) is 0 Å². The Morgan fingerprint density at radius 1 is 0.190 bits per heavy atom. The van der Waals surface area contributed by atoms with Gasteiger partial charge in [-0.1, -0.05) is 53.4 Å². The lowest BCUT2D eigenvalue weighted by Crippen LogP contribution is -2.33. The molecule has 0 aliphatic heterocycles. The second kappa shape index (κ2) is 85.1. The number of unbranched alkanes of at least 4 members (excludes halogenated alkanes) is 4. The van der Waals surface area contributed by atoms with E-state index in [1.165, 1.54) is 0 Å². The first-order valence-electron chi connectivity index (χ1n) is 37.5. The number of hydrogen-bond acceptors (Lipinski definition) is 28. The van der Waals surface area contributed by atoms with Crippen LogP contribution in [0, 0.1) is 0 Å². The van der Waals surface area contributed by atoms with Gasteiger partial charge in [0.2, 0.25) is 0 Å². The van der Waals surface area contributed by atoms with Crippen LogP contribution in [0.5, 0.6) is 0 Å². The van der Waals surface area contributed by atoms with E-state index in [1.807, 2.05) is 27.7 Å². The molecule has 13 unspecified atom stereocenters. The molecule has 0 saturated carbocycles. The minimum absolute atomic E-state index is 0.0536. The Morgan fingerprint density at radius 3 is 0.570 bits per heavy atom. The van der Waals surface area contributed by atoms with Crippen LogP contribution in [0.3, 0.4) is 0 Å². The van der Waals surface area contributed by atoms with Crippen molar-refractivity contribution in [1.82, 2.24) is 0 Å². The first-order chi connectivity index (χ1) is 48.4. The third kappa shape index (κ3) is 84.1. The van der Waals surface area contributed by atoms with E-state index < -0.39 is 30.5 Å². The van der Waals surface area contributed by atoms with Gasteiger partial charge >= 0.3 is 0 Å². The molecule has 0 amide bonds. The predicted molar refractivity (Wildman–Crippen MR) is 384 cm³/mol. The fraction of sp³-hybridized carbons (Fsp3) is 1.00. The predicted octanol–water partition coefficient (Wildman–Crippen LogP) is 5.56. The van der Waals surface area contributed by atoms with Gasteiger partial charge in [0, 0.05) is 92.5 Å². The zero-order chi connectivity index (χ0) is 75.2. The molecule has 13 atom stereocenters. The van der Waals surface area contributed by atoms with Crippen molar-refractivity contribution in [2.45, 2.75) is 240 Å². The molecule has 28 heteroatoms. The lowest BCUT2D eigenvalue weighted by atomic mass is 10.3. The lowest BCUT2D eigenvalue weighted by molar-refractivity contribution is -0.108. The standard InChI is InChI=1S/C19H40O8.2C18H38O7.C17H36O6/c1-4-5-9-26-18(12-23-8-6-7-20)13-25-15-19(27-11-17(3)22)14-24-10-16(2)21;1-4-6-10-25-18(12-21-9-7-8-19)15-23-14-17(24-5-2)13-22-11-16(3)20;1-4-6-10-24-17(13-22-9-7-8-19)14-23-15-18(12-21-5-2)25-11-16(3)20;1-5-8-9-23-17(11-19-6-2)14-21-13-16(22-7-3)12-20-10-15(4)18/h16-22H,4-15H2,1-3H3;2*16-20H,4-15H2,1-3H3;15-18H,5-14H2,1-4H3. The largest absolute Gasteiger partial charge is 0.396 e. The number of ether oxygens (including phenoxy) is 20. The van der Waals surface area contributed by atoms with Gasteiger partial charge in [0.1, 0.15) is 48.8 Å². The van der Waals surface area contributed by atoms with Gasteiger partial charge in [-0.05, 0) is 107 Å². The molecular formula is C72H152O28. The molecule has 0 heterocycles. The van der Waals surface area contributed by atoms with Crippen molar-refractivity contribution in [3.05, 3.63) is 0 Å². The molecule has 0 aromatic rings. The second-order valence-electron chi connectivity index (χ2n) is 24.2. The summed E-state index contributed by atoms with van der Waals surface area (Å²) in [6.45, 7) is 39.3. The highest BCUT2D eigenvalue weighted by molar-refractivity contribution is 4.66. The van der Waals surface area contributed by atoms with E-state index in [-0.39, 0.29) is 108 Å². The van der Waals surface area contributed by atoms with Crippen LogP contribution in [0.4, 0.5) is 0 Å². The topological polar surface area (TPSA) is 346 Å². The molecule has 0 fully saturated rings. The van der Waals surface area contributed by atoms with Crippen LogP contribution in [0.1, 0.15) is 161 Å². The quantitative estimate of drug-likeness (QED) is 0.0346. The molecule has 0 aliphatic carbocycles. The van der Waals surface area contributed by atoms with E-state index in [0.717, 1.165) is 58.0 Å². The second-order valence-corrected chi connectivity index (χ2v) is 24.2. The van der Waals surface area contributed by atoms with E-state index in [2.05, 4.69) is 27.7 Å². The Morgan fingerprint density at radius 2 is 0.380 bits per heavy atom. The Kier molecular flexibility index (Phi) is 89.6. The molecule has 0 spiro atoms.